The lowest BCUT2D eigenvalue weighted by Gasteiger charge is -2.14. The number of rotatable bonds is 4. The van der Waals surface area contributed by atoms with Gasteiger partial charge in [-0.2, -0.15) is 0 Å². The number of amides is 2. The lowest BCUT2D eigenvalue weighted by molar-refractivity contribution is -0.121. The van der Waals surface area contributed by atoms with E-state index in [1.54, 1.807) is 13.8 Å². The molecule has 2 N–H and O–H groups in total. The Kier molecular flexibility index (Phi) is 5.14. The predicted octanol–water partition coefficient (Wildman–Crippen LogP) is 0.380. The van der Waals surface area contributed by atoms with Gasteiger partial charge in [-0.05, 0) is 13.8 Å². The van der Waals surface area contributed by atoms with E-state index in [1.807, 2.05) is 0 Å². The molecule has 0 aliphatic heterocycles. The largest absolute Gasteiger partial charge is 0.335 e. The van der Waals surface area contributed by atoms with Gasteiger partial charge in [0.25, 0.3) is 0 Å². The zero-order chi connectivity index (χ0) is 10.4. The van der Waals surface area contributed by atoms with Gasteiger partial charge in [-0.3, -0.25) is 9.59 Å². The Labute approximate surface area is 82.3 Å². The van der Waals surface area contributed by atoms with Crippen molar-refractivity contribution < 1.29 is 9.59 Å². The number of hydrogen-bond acceptors (Lipinski definition) is 2. The summed E-state index contributed by atoms with van der Waals surface area (Å²) in [6.45, 7) is 6.69. The van der Waals surface area contributed by atoms with E-state index in [9.17, 15) is 9.59 Å². The highest BCUT2D eigenvalue weighted by molar-refractivity contribution is 6.27. The number of halogens is 1. The van der Waals surface area contributed by atoms with Gasteiger partial charge >= 0.3 is 0 Å². The molecule has 0 bridgehead atoms. The van der Waals surface area contributed by atoms with Gasteiger partial charge in [-0.25, -0.2) is 0 Å². The quantitative estimate of drug-likeness (QED) is 0.395. The smallest absolute Gasteiger partial charge is 0.247 e. The fourth-order valence-electron chi connectivity index (χ4n) is 0.636. The maximum Gasteiger partial charge on any atom is 0.247 e. The summed E-state index contributed by atoms with van der Waals surface area (Å²) in [4.78, 5) is 21.8. The molecule has 1 atom stereocenters. The molecule has 13 heavy (non-hydrogen) atoms. The van der Waals surface area contributed by atoms with Gasteiger partial charge in [0.2, 0.25) is 11.8 Å². The van der Waals surface area contributed by atoms with Crippen LogP contribution in [-0.4, -0.2) is 23.9 Å². The second-order valence-corrected chi connectivity index (χ2v) is 2.94. The van der Waals surface area contributed by atoms with Gasteiger partial charge < -0.3 is 10.6 Å². The fourth-order valence-corrected chi connectivity index (χ4v) is 0.713. The molecule has 0 saturated carbocycles. The second kappa shape index (κ2) is 5.59. The van der Waals surface area contributed by atoms with Crippen molar-refractivity contribution in [1.29, 1.82) is 0 Å². The average Bonchev–Trinajstić information content (AvgIpc) is 2.03. The molecule has 0 aromatic heterocycles. The van der Waals surface area contributed by atoms with Crippen LogP contribution in [0.1, 0.15) is 13.8 Å². The average molecular weight is 205 g/mol. The topological polar surface area (TPSA) is 58.2 Å². The standard InChI is InChI=1S/C8H13ClN2O2/c1-5(2)8(13)11-6(3)10-7(12)4-9/h6H,1,4H2,2-3H3,(H,10,12)(H,11,13). The normalized spacial score (nSPS) is 11.6. The van der Waals surface area contributed by atoms with Crippen LogP contribution in [0, 0.1) is 0 Å². The molecular formula is C8H13ClN2O2. The highest BCUT2D eigenvalue weighted by Crippen LogP contribution is 1.87. The molecule has 0 saturated heterocycles. The summed E-state index contributed by atoms with van der Waals surface area (Å²) in [7, 11) is 0. The van der Waals surface area contributed by atoms with Crippen molar-refractivity contribution in [3.05, 3.63) is 12.2 Å². The first kappa shape index (κ1) is 12.0. The van der Waals surface area contributed by atoms with Crippen molar-refractivity contribution in [2.24, 2.45) is 0 Å². The third-order valence-corrected chi connectivity index (χ3v) is 1.48. The summed E-state index contributed by atoms with van der Waals surface area (Å²) in [5.41, 5.74) is 0.395. The highest BCUT2D eigenvalue weighted by Gasteiger charge is 2.08. The minimum Gasteiger partial charge on any atom is -0.335 e. The summed E-state index contributed by atoms with van der Waals surface area (Å²) >= 11 is 5.25. The predicted molar refractivity (Wildman–Crippen MR) is 51.3 cm³/mol. The number of alkyl halides is 1. The molecule has 0 aromatic carbocycles. The molecule has 1 unspecified atom stereocenters. The molecule has 0 rings (SSSR count). The number of hydrogen-bond donors (Lipinski definition) is 2. The Hall–Kier alpha value is -1.03. The van der Waals surface area contributed by atoms with E-state index in [0.717, 1.165) is 0 Å². The lowest BCUT2D eigenvalue weighted by atomic mass is 10.3. The molecule has 0 aliphatic rings. The number of nitrogens with one attached hydrogen (secondary N) is 2. The van der Waals surface area contributed by atoms with Gasteiger partial charge in [0.15, 0.2) is 0 Å². The molecule has 0 heterocycles. The zero-order valence-electron chi connectivity index (χ0n) is 7.69. The molecule has 74 valence electrons. The van der Waals surface area contributed by atoms with Crippen molar-refractivity contribution in [1.82, 2.24) is 10.6 Å². The SMILES string of the molecule is C=C(C)C(=O)NC(C)NC(=O)CCl. The molecule has 0 radical (unpaired) electrons. The van der Waals surface area contributed by atoms with Gasteiger partial charge in [0.05, 0.1) is 6.17 Å². The summed E-state index contributed by atoms with van der Waals surface area (Å²) in [6.07, 6.45) is -0.435. The van der Waals surface area contributed by atoms with Crippen LogP contribution in [0.2, 0.25) is 0 Å². The first-order valence-corrected chi connectivity index (χ1v) is 4.32. The van der Waals surface area contributed by atoms with Crippen LogP contribution in [0.25, 0.3) is 0 Å². The van der Waals surface area contributed by atoms with Crippen molar-refractivity contribution in [2.45, 2.75) is 20.0 Å². The van der Waals surface area contributed by atoms with E-state index in [1.165, 1.54) is 0 Å². The molecule has 0 aliphatic carbocycles. The van der Waals surface area contributed by atoms with Crippen molar-refractivity contribution >= 4 is 23.4 Å². The molecule has 0 spiro atoms. The molecule has 2 amide bonds. The summed E-state index contributed by atoms with van der Waals surface area (Å²) in [5.74, 6) is -0.730. The van der Waals surface area contributed by atoms with Crippen LogP contribution in [0.4, 0.5) is 0 Å². The van der Waals surface area contributed by atoms with Crippen LogP contribution >= 0.6 is 11.6 Å². The van der Waals surface area contributed by atoms with E-state index in [4.69, 9.17) is 11.6 Å². The highest BCUT2D eigenvalue weighted by atomic mass is 35.5. The van der Waals surface area contributed by atoms with Crippen LogP contribution in [0.3, 0.4) is 0 Å². The monoisotopic (exact) mass is 204 g/mol. The Morgan fingerprint density at radius 1 is 1.46 bits per heavy atom. The third kappa shape index (κ3) is 5.25. The minimum atomic E-state index is -0.435. The Balaban J connectivity index is 3.87. The Morgan fingerprint density at radius 3 is 2.38 bits per heavy atom. The maximum absolute atomic E-state index is 11.0. The van der Waals surface area contributed by atoms with E-state index in [-0.39, 0.29) is 17.7 Å². The van der Waals surface area contributed by atoms with Crippen molar-refractivity contribution in [3.63, 3.8) is 0 Å². The van der Waals surface area contributed by atoms with E-state index < -0.39 is 6.17 Å². The van der Waals surface area contributed by atoms with Gasteiger partial charge in [-0.15, -0.1) is 11.6 Å². The zero-order valence-corrected chi connectivity index (χ0v) is 8.44. The molecule has 5 heteroatoms. The maximum atomic E-state index is 11.0. The van der Waals surface area contributed by atoms with E-state index in [2.05, 4.69) is 17.2 Å². The van der Waals surface area contributed by atoms with E-state index in [0.29, 0.717) is 5.57 Å². The van der Waals surface area contributed by atoms with Crippen molar-refractivity contribution in [2.75, 3.05) is 5.88 Å². The first-order valence-electron chi connectivity index (χ1n) is 3.79. The molecular weight excluding hydrogens is 192 g/mol. The van der Waals surface area contributed by atoms with Crippen LogP contribution in [0.15, 0.2) is 12.2 Å². The second-order valence-electron chi connectivity index (χ2n) is 2.68. The van der Waals surface area contributed by atoms with E-state index >= 15 is 0 Å². The van der Waals surface area contributed by atoms with Crippen LogP contribution in [-0.2, 0) is 9.59 Å². The molecule has 0 aromatic rings. The summed E-state index contributed by atoms with van der Waals surface area (Å²) < 4.78 is 0. The number of carbonyl (C=O) groups excluding carboxylic acids is 2. The van der Waals surface area contributed by atoms with Gasteiger partial charge in [0, 0.05) is 5.57 Å². The van der Waals surface area contributed by atoms with Gasteiger partial charge in [0.1, 0.15) is 5.88 Å². The molecule has 0 fully saturated rings. The lowest BCUT2D eigenvalue weighted by Crippen LogP contribution is -2.46. The number of carbonyl (C=O) groups is 2. The van der Waals surface area contributed by atoms with Crippen LogP contribution in [0.5, 0.6) is 0 Å². The van der Waals surface area contributed by atoms with Gasteiger partial charge in [-0.1, -0.05) is 6.58 Å². The first-order chi connectivity index (χ1) is 5.97. The fraction of sp³-hybridized carbons (Fsp3) is 0.500. The third-order valence-electron chi connectivity index (χ3n) is 1.23. The van der Waals surface area contributed by atoms with Crippen LogP contribution < -0.4 is 10.6 Å². The Morgan fingerprint density at radius 2 is 2.00 bits per heavy atom. The minimum absolute atomic E-state index is 0.118. The Bertz CT molecular complexity index is 228. The van der Waals surface area contributed by atoms with Crippen molar-refractivity contribution in [3.8, 4) is 0 Å². The molecule has 4 nitrogen and oxygen atoms in total. The summed E-state index contributed by atoms with van der Waals surface area (Å²) in [5, 5.41) is 4.99. The summed E-state index contributed by atoms with van der Waals surface area (Å²) in [6, 6.07) is 0.